The van der Waals surface area contributed by atoms with Crippen LogP contribution in [0.2, 0.25) is 0 Å². The molecule has 0 amide bonds. The van der Waals surface area contributed by atoms with Gasteiger partial charge in [-0.05, 0) is 30.3 Å². The monoisotopic (exact) mass is 387 g/mol. The number of fused-ring (bicyclic) bond motifs is 1. The van der Waals surface area contributed by atoms with Crippen molar-refractivity contribution in [2.24, 2.45) is 0 Å². The van der Waals surface area contributed by atoms with Gasteiger partial charge in [0.2, 0.25) is 9.84 Å². The van der Waals surface area contributed by atoms with Crippen LogP contribution >= 0.6 is 0 Å². The largest absolute Gasteiger partial charge is 0.457 e. The predicted octanol–water partition coefficient (Wildman–Crippen LogP) is 3.70. The van der Waals surface area contributed by atoms with Crippen LogP contribution in [0.4, 0.5) is 17.6 Å². The Kier molecular flexibility index (Phi) is 4.17. The van der Waals surface area contributed by atoms with Crippen LogP contribution < -0.4 is 4.74 Å². The van der Waals surface area contributed by atoms with Gasteiger partial charge in [-0.2, -0.15) is 14.0 Å². The second-order valence-corrected chi connectivity index (χ2v) is 7.39. The Morgan fingerprint density at radius 3 is 2.54 bits per heavy atom. The number of halogens is 4. The van der Waals surface area contributed by atoms with Crippen LogP contribution in [0.1, 0.15) is 29.2 Å². The van der Waals surface area contributed by atoms with Gasteiger partial charge in [0.25, 0.3) is 6.43 Å². The SMILES string of the molecule is N#Cc1cccc(Oc2ccc3c(c2C(F)F)[C@@H](O)C(F)(F)S3(=O)=O)c1. The lowest BCUT2D eigenvalue weighted by Crippen LogP contribution is -2.28. The number of aliphatic hydroxyl groups is 1. The van der Waals surface area contributed by atoms with Gasteiger partial charge in [-0.3, -0.25) is 0 Å². The van der Waals surface area contributed by atoms with Crippen molar-refractivity contribution in [3.8, 4) is 17.6 Å². The molecule has 3 rings (SSSR count). The van der Waals surface area contributed by atoms with Crippen molar-refractivity contribution < 1.29 is 35.8 Å². The third-order valence-electron chi connectivity index (χ3n) is 3.86. The summed E-state index contributed by atoms with van der Waals surface area (Å²) in [4.78, 5) is -1.07. The molecule has 1 N–H and O–H groups in total. The van der Waals surface area contributed by atoms with E-state index in [1.807, 2.05) is 6.07 Å². The van der Waals surface area contributed by atoms with E-state index in [0.717, 1.165) is 6.07 Å². The molecule has 5 nitrogen and oxygen atoms in total. The third kappa shape index (κ3) is 2.51. The van der Waals surface area contributed by atoms with Crippen LogP contribution in [-0.2, 0) is 9.84 Å². The van der Waals surface area contributed by atoms with E-state index in [1.165, 1.54) is 24.3 Å². The number of nitrogens with zero attached hydrogens (tertiary/aromatic N) is 1. The molecule has 0 saturated carbocycles. The number of aliphatic hydroxyl groups excluding tert-OH is 1. The minimum atomic E-state index is -5.30. The van der Waals surface area contributed by atoms with Crippen molar-refractivity contribution in [1.29, 1.82) is 5.26 Å². The average molecular weight is 387 g/mol. The minimum absolute atomic E-state index is 0.0343. The molecule has 0 unspecified atom stereocenters. The first-order chi connectivity index (χ1) is 12.1. The van der Waals surface area contributed by atoms with Gasteiger partial charge in [-0.15, -0.1) is 0 Å². The first kappa shape index (κ1) is 18.2. The van der Waals surface area contributed by atoms with Gasteiger partial charge in [0.1, 0.15) is 11.5 Å². The van der Waals surface area contributed by atoms with E-state index in [9.17, 15) is 31.1 Å². The van der Waals surface area contributed by atoms with Crippen LogP contribution in [0.15, 0.2) is 41.3 Å². The van der Waals surface area contributed by atoms with E-state index in [-0.39, 0.29) is 11.3 Å². The number of rotatable bonds is 3. The van der Waals surface area contributed by atoms with Crippen LogP contribution in [0.3, 0.4) is 0 Å². The van der Waals surface area contributed by atoms with Crippen molar-refractivity contribution in [3.63, 3.8) is 0 Å². The number of alkyl halides is 4. The van der Waals surface area contributed by atoms with E-state index < -0.39 is 49.4 Å². The average Bonchev–Trinajstić information content (AvgIpc) is 2.72. The Bertz CT molecular complexity index is 1030. The number of benzene rings is 2. The maximum atomic E-state index is 13.8. The number of hydrogen-bond donors (Lipinski definition) is 1. The second-order valence-electron chi connectivity index (χ2n) is 5.40. The highest BCUT2D eigenvalue weighted by atomic mass is 32.2. The standard InChI is InChI=1S/C16H9F4NO4S/c17-15(18)12-10(25-9-3-1-2-8(6-9)7-21)4-5-11-13(12)14(22)16(19,20)26(11,23)24/h1-6,14-15,22H/t14-/m1/s1. The van der Waals surface area contributed by atoms with Crippen molar-refractivity contribution in [1.82, 2.24) is 0 Å². The van der Waals surface area contributed by atoms with Gasteiger partial charge in [-0.1, -0.05) is 6.07 Å². The summed E-state index contributed by atoms with van der Waals surface area (Å²) in [6, 6.07) is 8.72. The zero-order valence-electron chi connectivity index (χ0n) is 12.7. The molecule has 0 bridgehead atoms. The van der Waals surface area contributed by atoms with E-state index in [2.05, 4.69) is 0 Å². The summed E-state index contributed by atoms with van der Waals surface area (Å²) >= 11 is 0. The first-order valence-electron chi connectivity index (χ1n) is 7.04. The van der Waals surface area contributed by atoms with Crippen molar-refractivity contribution in [2.75, 3.05) is 0 Å². The lowest BCUT2D eigenvalue weighted by atomic mass is 10.0. The molecule has 136 valence electrons. The summed E-state index contributed by atoms with van der Waals surface area (Å²) in [5, 5.41) is 13.9. The van der Waals surface area contributed by atoms with Gasteiger partial charge in [-0.25, -0.2) is 17.2 Å². The molecule has 0 aromatic heterocycles. The molecular weight excluding hydrogens is 378 g/mol. The van der Waals surface area contributed by atoms with Crippen LogP contribution in [0.5, 0.6) is 11.5 Å². The van der Waals surface area contributed by atoms with Crippen LogP contribution in [0, 0.1) is 11.3 Å². The molecule has 1 heterocycles. The Balaban J connectivity index is 2.19. The molecule has 0 aliphatic carbocycles. The van der Waals surface area contributed by atoms with Crippen LogP contribution in [0.25, 0.3) is 0 Å². The maximum Gasteiger partial charge on any atom is 0.379 e. The van der Waals surface area contributed by atoms with Gasteiger partial charge in [0.05, 0.1) is 22.1 Å². The molecule has 0 saturated heterocycles. The topological polar surface area (TPSA) is 87.4 Å². The maximum absolute atomic E-state index is 13.8. The van der Waals surface area contributed by atoms with E-state index in [4.69, 9.17) is 10.00 Å². The molecule has 10 heteroatoms. The minimum Gasteiger partial charge on any atom is -0.457 e. The third-order valence-corrected chi connectivity index (χ3v) is 5.73. The predicted molar refractivity (Wildman–Crippen MR) is 79.7 cm³/mol. The van der Waals surface area contributed by atoms with Gasteiger partial charge in [0, 0.05) is 5.56 Å². The zero-order valence-corrected chi connectivity index (χ0v) is 13.5. The fourth-order valence-electron chi connectivity index (χ4n) is 2.64. The van der Waals surface area contributed by atoms with Crippen molar-refractivity contribution in [3.05, 3.63) is 53.1 Å². The Labute approximate surface area is 145 Å². The summed E-state index contributed by atoms with van der Waals surface area (Å²) in [6.45, 7) is 0. The fourth-order valence-corrected chi connectivity index (χ4v) is 4.11. The highest BCUT2D eigenvalue weighted by Crippen LogP contribution is 2.53. The van der Waals surface area contributed by atoms with Crippen molar-refractivity contribution >= 4 is 9.84 Å². The number of ether oxygens (including phenoxy) is 1. The molecule has 1 atom stereocenters. The van der Waals surface area contributed by atoms with E-state index in [0.29, 0.717) is 6.07 Å². The van der Waals surface area contributed by atoms with Gasteiger partial charge in [0.15, 0.2) is 6.10 Å². The molecule has 2 aromatic carbocycles. The van der Waals surface area contributed by atoms with Gasteiger partial charge >= 0.3 is 5.25 Å². The van der Waals surface area contributed by atoms with Crippen LogP contribution in [-0.4, -0.2) is 18.8 Å². The molecular formula is C16H9F4NO4S. The van der Waals surface area contributed by atoms with E-state index in [1.54, 1.807) is 0 Å². The quantitative estimate of drug-likeness (QED) is 0.812. The second kappa shape index (κ2) is 5.96. The molecule has 0 fully saturated rings. The molecule has 0 spiro atoms. The Morgan fingerprint density at radius 2 is 1.92 bits per heavy atom. The Hall–Kier alpha value is -2.64. The summed E-state index contributed by atoms with van der Waals surface area (Å²) in [6.07, 6.45) is -6.33. The normalized spacial score (nSPS) is 19.8. The molecule has 0 radical (unpaired) electrons. The van der Waals surface area contributed by atoms with Gasteiger partial charge < -0.3 is 9.84 Å². The summed E-state index contributed by atoms with van der Waals surface area (Å²) in [5.41, 5.74) is -2.06. The lowest BCUT2D eigenvalue weighted by molar-refractivity contribution is -0.0391. The summed E-state index contributed by atoms with van der Waals surface area (Å²) in [5.74, 6) is -0.631. The lowest BCUT2D eigenvalue weighted by Gasteiger charge is -2.16. The Morgan fingerprint density at radius 1 is 1.23 bits per heavy atom. The molecule has 1 aliphatic rings. The first-order valence-corrected chi connectivity index (χ1v) is 8.53. The van der Waals surface area contributed by atoms with Crippen molar-refractivity contribution in [2.45, 2.75) is 22.7 Å². The number of sulfone groups is 1. The fraction of sp³-hybridized carbons (Fsp3) is 0.188. The highest BCUT2D eigenvalue weighted by molar-refractivity contribution is 7.92. The summed E-state index contributed by atoms with van der Waals surface area (Å²) < 4.78 is 83.6. The number of hydrogen-bond acceptors (Lipinski definition) is 5. The smallest absolute Gasteiger partial charge is 0.379 e. The molecule has 2 aromatic rings. The molecule has 1 aliphatic heterocycles. The number of nitriles is 1. The summed E-state index contributed by atoms with van der Waals surface area (Å²) in [7, 11) is -5.30. The zero-order chi connectivity index (χ0) is 19.3. The molecule has 26 heavy (non-hydrogen) atoms. The highest BCUT2D eigenvalue weighted by Gasteiger charge is 2.61. The van der Waals surface area contributed by atoms with E-state index >= 15 is 0 Å².